The van der Waals surface area contributed by atoms with E-state index in [1.807, 2.05) is 41.0 Å². The average molecular weight is 344 g/mol. The standard InChI is InChI=1S/C17H20N4O2S/c1-13-8-18-16(19-9-13)20-5-3-17(4-6-20)12-21(15(22)10-23-17)14-2-7-24-11-14/h2,7-9,11H,3-6,10,12H2,1H3. The first-order valence-electron chi connectivity index (χ1n) is 8.15. The van der Waals surface area contributed by atoms with Gasteiger partial charge in [-0.05, 0) is 36.8 Å². The van der Waals surface area contributed by atoms with Gasteiger partial charge in [0.1, 0.15) is 6.61 Å². The highest BCUT2D eigenvalue weighted by atomic mass is 32.1. The van der Waals surface area contributed by atoms with Crippen molar-refractivity contribution in [3.63, 3.8) is 0 Å². The van der Waals surface area contributed by atoms with Gasteiger partial charge in [-0.1, -0.05) is 0 Å². The zero-order valence-corrected chi connectivity index (χ0v) is 14.5. The quantitative estimate of drug-likeness (QED) is 0.836. The van der Waals surface area contributed by atoms with Gasteiger partial charge in [0.15, 0.2) is 0 Å². The molecule has 0 radical (unpaired) electrons. The summed E-state index contributed by atoms with van der Waals surface area (Å²) in [7, 11) is 0. The Morgan fingerprint density at radius 2 is 2.00 bits per heavy atom. The van der Waals surface area contributed by atoms with Crippen LogP contribution < -0.4 is 9.80 Å². The Balaban J connectivity index is 1.46. The van der Waals surface area contributed by atoms with Gasteiger partial charge in [-0.3, -0.25) is 4.79 Å². The Labute approximate surface area is 145 Å². The molecule has 0 bridgehead atoms. The molecule has 0 atom stereocenters. The third-order valence-electron chi connectivity index (χ3n) is 4.79. The van der Waals surface area contributed by atoms with E-state index in [0.29, 0.717) is 6.54 Å². The molecule has 2 saturated heterocycles. The Kier molecular flexibility index (Phi) is 3.97. The number of hydrogen-bond acceptors (Lipinski definition) is 6. The van der Waals surface area contributed by atoms with Gasteiger partial charge in [0.05, 0.1) is 17.8 Å². The molecule has 7 heteroatoms. The maximum Gasteiger partial charge on any atom is 0.253 e. The summed E-state index contributed by atoms with van der Waals surface area (Å²) in [6, 6.07) is 2.00. The lowest BCUT2D eigenvalue weighted by molar-refractivity contribution is -0.141. The third kappa shape index (κ3) is 2.89. The summed E-state index contributed by atoms with van der Waals surface area (Å²) < 4.78 is 6.00. The summed E-state index contributed by atoms with van der Waals surface area (Å²) in [6.07, 6.45) is 5.44. The van der Waals surface area contributed by atoms with Crippen LogP contribution in [-0.2, 0) is 9.53 Å². The fraction of sp³-hybridized carbons (Fsp3) is 0.471. The zero-order valence-electron chi connectivity index (χ0n) is 13.6. The molecule has 4 rings (SSSR count). The van der Waals surface area contributed by atoms with Gasteiger partial charge in [0, 0.05) is 30.9 Å². The molecule has 1 spiro atoms. The second-order valence-corrected chi connectivity index (χ2v) is 7.26. The van der Waals surface area contributed by atoms with E-state index in [-0.39, 0.29) is 18.1 Å². The molecule has 0 saturated carbocycles. The SMILES string of the molecule is Cc1cnc(N2CCC3(CC2)CN(c2ccsc2)C(=O)CO3)nc1. The van der Waals surface area contributed by atoms with Gasteiger partial charge in [-0.2, -0.15) is 11.3 Å². The molecule has 2 aromatic rings. The highest BCUT2D eigenvalue weighted by Gasteiger charge is 2.43. The van der Waals surface area contributed by atoms with Gasteiger partial charge in [0.2, 0.25) is 5.95 Å². The van der Waals surface area contributed by atoms with Crippen LogP contribution in [-0.4, -0.2) is 47.7 Å². The van der Waals surface area contributed by atoms with Crippen molar-refractivity contribution in [2.24, 2.45) is 0 Å². The molecule has 0 unspecified atom stereocenters. The number of morpholine rings is 1. The van der Waals surface area contributed by atoms with Crippen LogP contribution in [0.25, 0.3) is 0 Å². The van der Waals surface area contributed by atoms with E-state index in [9.17, 15) is 4.79 Å². The molecule has 2 fully saturated rings. The molecule has 126 valence electrons. The van der Waals surface area contributed by atoms with Crippen LogP contribution in [0.3, 0.4) is 0 Å². The number of carbonyl (C=O) groups is 1. The van der Waals surface area contributed by atoms with Gasteiger partial charge >= 0.3 is 0 Å². The molecule has 2 aliphatic heterocycles. The van der Waals surface area contributed by atoms with Crippen LogP contribution in [0.1, 0.15) is 18.4 Å². The lowest BCUT2D eigenvalue weighted by Gasteiger charge is -2.46. The van der Waals surface area contributed by atoms with Crippen LogP contribution in [0.15, 0.2) is 29.2 Å². The van der Waals surface area contributed by atoms with Crippen LogP contribution in [0.5, 0.6) is 0 Å². The van der Waals surface area contributed by atoms with E-state index in [1.54, 1.807) is 11.3 Å². The molecule has 24 heavy (non-hydrogen) atoms. The number of aryl methyl sites for hydroxylation is 1. The maximum atomic E-state index is 12.2. The highest BCUT2D eigenvalue weighted by Crippen LogP contribution is 2.34. The molecule has 0 aliphatic carbocycles. The normalized spacial score (nSPS) is 20.6. The zero-order chi connectivity index (χ0) is 16.6. The van der Waals surface area contributed by atoms with E-state index < -0.39 is 0 Å². The summed E-state index contributed by atoms with van der Waals surface area (Å²) in [6.45, 7) is 4.46. The van der Waals surface area contributed by atoms with E-state index in [0.717, 1.165) is 43.1 Å². The number of nitrogens with zero attached hydrogens (tertiary/aromatic N) is 4. The Morgan fingerprint density at radius 1 is 1.25 bits per heavy atom. The van der Waals surface area contributed by atoms with Crippen LogP contribution in [0.2, 0.25) is 0 Å². The Bertz CT molecular complexity index is 709. The first-order chi connectivity index (χ1) is 11.7. The molecule has 2 aliphatic rings. The largest absolute Gasteiger partial charge is 0.363 e. The molecule has 6 nitrogen and oxygen atoms in total. The van der Waals surface area contributed by atoms with Crippen molar-refractivity contribution in [2.75, 3.05) is 36.0 Å². The highest BCUT2D eigenvalue weighted by molar-refractivity contribution is 7.08. The van der Waals surface area contributed by atoms with Crippen molar-refractivity contribution in [1.29, 1.82) is 0 Å². The van der Waals surface area contributed by atoms with Crippen molar-refractivity contribution < 1.29 is 9.53 Å². The topological polar surface area (TPSA) is 58.6 Å². The predicted octanol–water partition coefficient (Wildman–Crippen LogP) is 2.25. The minimum Gasteiger partial charge on any atom is -0.363 e. The number of thiophene rings is 1. The molecule has 0 aromatic carbocycles. The number of amides is 1. The van der Waals surface area contributed by atoms with Crippen molar-refractivity contribution >= 4 is 28.9 Å². The van der Waals surface area contributed by atoms with Crippen molar-refractivity contribution in [2.45, 2.75) is 25.4 Å². The van der Waals surface area contributed by atoms with Gasteiger partial charge in [-0.25, -0.2) is 9.97 Å². The first-order valence-corrected chi connectivity index (χ1v) is 9.10. The summed E-state index contributed by atoms with van der Waals surface area (Å²) in [5.41, 5.74) is 1.79. The second-order valence-electron chi connectivity index (χ2n) is 6.48. The average Bonchev–Trinajstić information content (AvgIpc) is 3.13. The molecule has 0 N–H and O–H groups in total. The van der Waals surface area contributed by atoms with Crippen molar-refractivity contribution in [1.82, 2.24) is 9.97 Å². The number of ether oxygens (including phenoxy) is 1. The molecule has 1 amide bonds. The second kappa shape index (κ2) is 6.14. The lowest BCUT2D eigenvalue weighted by atomic mass is 9.89. The number of anilines is 2. The summed E-state index contributed by atoms with van der Waals surface area (Å²) in [5, 5.41) is 4.02. The summed E-state index contributed by atoms with van der Waals surface area (Å²) in [4.78, 5) is 25.1. The van der Waals surface area contributed by atoms with Gasteiger partial charge < -0.3 is 14.5 Å². The van der Waals surface area contributed by atoms with Crippen LogP contribution in [0.4, 0.5) is 11.6 Å². The summed E-state index contributed by atoms with van der Waals surface area (Å²) in [5.74, 6) is 0.820. The number of hydrogen-bond donors (Lipinski definition) is 0. The van der Waals surface area contributed by atoms with Crippen molar-refractivity contribution in [3.8, 4) is 0 Å². The lowest BCUT2D eigenvalue weighted by Crippen LogP contribution is -2.59. The molecular weight excluding hydrogens is 324 g/mol. The Hall–Kier alpha value is -1.99. The maximum absolute atomic E-state index is 12.2. The van der Waals surface area contributed by atoms with E-state index in [4.69, 9.17) is 4.74 Å². The number of carbonyl (C=O) groups excluding carboxylic acids is 1. The van der Waals surface area contributed by atoms with Crippen molar-refractivity contribution in [3.05, 3.63) is 34.8 Å². The fourth-order valence-electron chi connectivity index (χ4n) is 3.33. The first kappa shape index (κ1) is 15.5. The minimum atomic E-state index is -0.253. The van der Waals surface area contributed by atoms with E-state index in [2.05, 4.69) is 14.9 Å². The smallest absolute Gasteiger partial charge is 0.253 e. The molecular formula is C17H20N4O2S. The molecule has 4 heterocycles. The van der Waals surface area contributed by atoms with Gasteiger partial charge in [0.25, 0.3) is 5.91 Å². The monoisotopic (exact) mass is 344 g/mol. The number of aromatic nitrogens is 2. The van der Waals surface area contributed by atoms with Crippen LogP contribution in [0, 0.1) is 6.92 Å². The molecule has 2 aromatic heterocycles. The summed E-state index contributed by atoms with van der Waals surface area (Å²) >= 11 is 1.61. The van der Waals surface area contributed by atoms with E-state index >= 15 is 0 Å². The predicted molar refractivity (Wildman–Crippen MR) is 93.6 cm³/mol. The fourth-order valence-corrected chi connectivity index (χ4v) is 3.97. The number of rotatable bonds is 2. The number of piperidine rings is 1. The minimum absolute atomic E-state index is 0.0447. The third-order valence-corrected chi connectivity index (χ3v) is 5.46. The van der Waals surface area contributed by atoms with Gasteiger partial charge in [-0.15, -0.1) is 0 Å². The van der Waals surface area contributed by atoms with Crippen LogP contribution >= 0.6 is 11.3 Å². The Morgan fingerprint density at radius 3 is 2.67 bits per heavy atom. The van der Waals surface area contributed by atoms with E-state index in [1.165, 1.54) is 0 Å².